The van der Waals surface area contributed by atoms with E-state index in [1.807, 2.05) is 67.6 Å². The number of carbonyl (C=O) groups is 3. The largest absolute Gasteiger partial charge is 0.306 e. The van der Waals surface area contributed by atoms with E-state index < -0.39 is 23.4 Å². The number of benzene rings is 4. The summed E-state index contributed by atoms with van der Waals surface area (Å²) in [6.07, 6.45) is 0. The number of hydrogen-bond acceptors (Lipinski definition) is 4. The fourth-order valence-corrected chi connectivity index (χ4v) is 6.68. The summed E-state index contributed by atoms with van der Waals surface area (Å²) in [5.74, 6) is -2.88. The molecule has 188 valence electrons. The summed E-state index contributed by atoms with van der Waals surface area (Å²) in [5.41, 5.74) is 1.31. The van der Waals surface area contributed by atoms with Crippen LogP contribution in [0.5, 0.6) is 0 Å². The van der Waals surface area contributed by atoms with Gasteiger partial charge >= 0.3 is 0 Å². The highest BCUT2D eigenvalue weighted by Crippen LogP contribution is 2.55. The minimum Gasteiger partial charge on any atom is -0.306 e. The van der Waals surface area contributed by atoms with E-state index in [-0.39, 0.29) is 30.1 Å². The number of hydrogen-bond donors (Lipinski definition) is 1. The number of carbonyl (C=O) groups excluding carboxylic acids is 3. The van der Waals surface area contributed by atoms with Gasteiger partial charge < -0.3 is 4.90 Å². The van der Waals surface area contributed by atoms with Gasteiger partial charge in [-0.1, -0.05) is 66.7 Å². The molecule has 3 heterocycles. The number of rotatable bonds is 3. The van der Waals surface area contributed by atoms with Gasteiger partial charge in [0.15, 0.2) is 0 Å². The van der Waals surface area contributed by atoms with Crippen molar-refractivity contribution in [1.82, 2.24) is 5.32 Å². The number of nitrogens with zero attached hydrogens (tertiary/aromatic N) is 2. The molecule has 0 saturated carbocycles. The van der Waals surface area contributed by atoms with Crippen LogP contribution in [0.1, 0.15) is 18.1 Å². The molecule has 1 N–H and O–H groups in total. The van der Waals surface area contributed by atoms with Crippen LogP contribution >= 0.6 is 0 Å². The lowest BCUT2D eigenvalue weighted by Crippen LogP contribution is -2.54. The first kappa shape index (κ1) is 22.8. The smallest absolute Gasteiger partial charge is 0.253 e. The molecule has 4 aromatic rings. The second-order valence-electron chi connectivity index (χ2n) is 10.3. The average molecular weight is 506 g/mol. The van der Waals surface area contributed by atoms with Crippen molar-refractivity contribution in [3.8, 4) is 0 Å². The number of imide groups is 1. The van der Waals surface area contributed by atoms with E-state index in [4.69, 9.17) is 0 Å². The van der Waals surface area contributed by atoms with Gasteiger partial charge in [-0.25, -0.2) is 9.29 Å². The number of anilines is 2. The van der Waals surface area contributed by atoms with Crippen LogP contribution in [0.15, 0.2) is 91.0 Å². The third-order valence-electron chi connectivity index (χ3n) is 8.28. The summed E-state index contributed by atoms with van der Waals surface area (Å²) >= 11 is 0. The molecule has 3 amide bonds. The fraction of sp³-hybridized carbons (Fsp3) is 0.194. The molecule has 0 aromatic heterocycles. The van der Waals surface area contributed by atoms with Gasteiger partial charge in [0, 0.05) is 22.7 Å². The van der Waals surface area contributed by atoms with E-state index in [0.29, 0.717) is 16.9 Å². The van der Waals surface area contributed by atoms with Crippen LogP contribution in [-0.2, 0) is 26.5 Å². The van der Waals surface area contributed by atoms with Crippen molar-refractivity contribution in [2.75, 3.05) is 9.80 Å². The fourth-order valence-electron chi connectivity index (χ4n) is 6.68. The first-order chi connectivity index (χ1) is 18.4. The third-order valence-corrected chi connectivity index (χ3v) is 8.28. The summed E-state index contributed by atoms with van der Waals surface area (Å²) < 4.78 is 13.5. The molecule has 2 fully saturated rings. The molecule has 2 saturated heterocycles. The minimum absolute atomic E-state index is 0.223. The van der Waals surface area contributed by atoms with Gasteiger partial charge in [-0.15, -0.1) is 0 Å². The zero-order valence-electron chi connectivity index (χ0n) is 20.6. The number of halogens is 1. The van der Waals surface area contributed by atoms with Crippen molar-refractivity contribution in [3.63, 3.8) is 0 Å². The highest BCUT2D eigenvalue weighted by molar-refractivity contribution is 6.28. The number of nitrogens with one attached hydrogen (secondary N) is 1. The molecule has 0 bridgehead atoms. The lowest BCUT2D eigenvalue weighted by atomic mass is 9.76. The van der Waals surface area contributed by atoms with Crippen molar-refractivity contribution in [3.05, 3.63) is 108 Å². The van der Waals surface area contributed by atoms with Crippen LogP contribution in [0, 0.1) is 17.7 Å². The average Bonchev–Trinajstić information content (AvgIpc) is 3.48. The van der Waals surface area contributed by atoms with Crippen LogP contribution in [0.25, 0.3) is 10.8 Å². The van der Waals surface area contributed by atoms with Crippen LogP contribution in [0.4, 0.5) is 15.8 Å². The van der Waals surface area contributed by atoms with Crippen molar-refractivity contribution in [2.24, 2.45) is 11.8 Å². The van der Waals surface area contributed by atoms with E-state index in [2.05, 4.69) is 5.32 Å². The van der Waals surface area contributed by atoms with E-state index in [9.17, 15) is 18.8 Å². The summed E-state index contributed by atoms with van der Waals surface area (Å²) in [6, 6.07) is 26.2. The highest BCUT2D eigenvalue weighted by Gasteiger charge is 2.71. The van der Waals surface area contributed by atoms with E-state index >= 15 is 0 Å². The van der Waals surface area contributed by atoms with Gasteiger partial charge in [0.1, 0.15) is 11.4 Å². The van der Waals surface area contributed by atoms with Gasteiger partial charge in [0.05, 0.1) is 24.1 Å². The zero-order chi connectivity index (χ0) is 26.2. The standard InChI is InChI=1S/C31H24FN3O3/c1-18-26-27(29(37)35(28(26)36)24-12-6-8-20-7-2-3-9-22(20)24)31(33-18)23-10-4-5-11-25(23)34(30(31)38)17-19-13-15-21(32)16-14-19/h2-16,18,26-27,33H,17H2,1H3/t18-,26+,27+,31+/m1/s1. The third kappa shape index (κ3) is 2.93. The van der Waals surface area contributed by atoms with Gasteiger partial charge in [-0.05, 0) is 42.1 Å². The Hall–Kier alpha value is -4.36. The summed E-state index contributed by atoms with van der Waals surface area (Å²) in [7, 11) is 0. The SMILES string of the molecule is C[C@H]1N[C@]2(C(=O)N(Cc3ccc(F)cc3)c3ccccc32)[C@@H]2C(=O)N(c3cccc4ccccc34)C(=O)[C@H]21. The van der Waals surface area contributed by atoms with Crippen LogP contribution in [0.2, 0.25) is 0 Å². The van der Waals surface area contributed by atoms with E-state index in [1.165, 1.54) is 17.0 Å². The Morgan fingerprint density at radius 3 is 2.32 bits per heavy atom. The van der Waals surface area contributed by atoms with Crippen LogP contribution in [-0.4, -0.2) is 23.8 Å². The zero-order valence-corrected chi connectivity index (χ0v) is 20.6. The van der Waals surface area contributed by atoms with E-state index in [0.717, 1.165) is 16.3 Å². The summed E-state index contributed by atoms with van der Waals surface area (Å²) in [4.78, 5) is 45.5. The first-order valence-electron chi connectivity index (χ1n) is 12.7. The van der Waals surface area contributed by atoms with Gasteiger partial charge in [-0.2, -0.15) is 0 Å². The molecule has 4 aromatic carbocycles. The van der Waals surface area contributed by atoms with Crippen molar-refractivity contribution >= 4 is 39.9 Å². The Morgan fingerprint density at radius 1 is 0.816 bits per heavy atom. The molecule has 4 atom stereocenters. The van der Waals surface area contributed by atoms with Gasteiger partial charge in [0.25, 0.3) is 5.91 Å². The Morgan fingerprint density at radius 2 is 1.50 bits per heavy atom. The topological polar surface area (TPSA) is 69.7 Å². The lowest BCUT2D eigenvalue weighted by molar-refractivity contribution is -0.132. The monoisotopic (exact) mass is 505 g/mol. The predicted molar refractivity (Wildman–Crippen MR) is 142 cm³/mol. The molecule has 3 aliphatic rings. The molecular weight excluding hydrogens is 481 g/mol. The Balaban J connectivity index is 1.35. The van der Waals surface area contributed by atoms with Gasteiger partial charge in [-0.3, -0.25) is 19.7 Å². The molecule has 38 heavy (non-hydrogen) atoms. The Kier molecular flexibility index (Phi) is 4.84. The number of para-hydroxylation sites is 1. The second-order valence-corrected chi connectivity index (χ2v) is 10.3. The highest BCUT2D eigenvalue weighted by atomic mass is 19.1. The molecule has 7 heteroatoms. The maximum absolute atomic E-state index is 14.4. The molecule has 0 radical (unpaired) electrons. The Bertz CT molecular complexity index is 1650. The Labute approximate surface area is 218 Å². The van der Waals surface area contributed by atoms with Crippen LogP contribution in [0.3, 0.4) is 0 Å². The molecule has 7 rings (SSSR count). The number of amides is 3. The molecular formula is C31H24FN3O3. The van der Waals surface area contributed by atoms with E-state index in [1.54, 1.807) is 23.1 Å². The molecule has 6 nitrogen and oxygen atoms in total. The lowest BCUT2D eigenvalue weighted by Gasteiger charge is -2.30. The molecule has 1 spiro atoms. The minimum atomic E-state index is -1.37. The maximum Gasteiger partial charge on any atom is 0.253 e. The molecule has 0 unspecified atom stereocenters. The van der Waals surface area contributed by atoms with Gasteiger partial charge in [0.2, 0.25) is 11.8 Å². The van der Waals surface area contributed by atoms with Crippen molar-refractivity contribution in [1.29, 1.82) is 0 Å². The molecule has 3 aliphatic heterocycles. The van der Waals surface area contributed by atoms with Crippen molar-refractivity contribution < 1.29 is 18.8 Å². The predicted octanol–water partition coefficient (Wildman–Crippen LogP) is 4.52. The summed E-state index contributed by atoms with van der Waals surface area (Å²) in [5, 5.41) is 5.15. The maximum atomic E-state index is 14.4. The van der Waals surface area contributed by atoms with Crippen LogP contribution < -0.4 is 15.1 Å². The second kappa shape index (κ2) is 8.07. The normalized spacial score (nSPS) is 26.1. The van der Waals surface area contributed by atoms with Crippen molar-refractivity contribution in [2.45, 2.75) is 25.0 Å². The molecule has 0 aliphatic carbocycles. The first-order valence-corrected chi connectivity index (χ1v) is 12.7. The quantitative estimate of drug-likeness (QED) is 0.416. The summed E-state index contributed by atoms with van der Waals surface area (Å²) in [6.45, 7) is 2.09. The number of fused-ring (bicyclic) bond motifs is 5.